The number of carboxylic acids is 1. The Kier molecular flexibility index (Phi) is 8.91. The summed E-state index contributed by atoms with van der Waals surface area (Å²) in [6, 6.07) is 0. The average molecular weight is 140 g/mol. The molecule has 0 heterocycles. The van der Waals surface area contributed by atoms with Gasteiger partial charge in [-0.25, -0.2) is 0 Å². The minimum Gasteiger partial charge on any atom is -1.00 e. The van der Waals surface area contributed by atoms with Crippen LogP contribution in [0.5, 0.6) is 0 Å². The van der Waals surface area contributed by atoms with Gasteiger partial charge in [-0.2, -0.15) is 0 Å². The van der Waals surface area contributed by atoms with Gasteiger partial charge >= 0.3 is 35.5 Å². The van der Waals surface area contributed by atoms with Crippen molar-refractivity contribution < 1.29 is 40.9 Å². The van der Waals surface area contributed by atoms with Gasteiger partial charge in [0.2, 0.25) is 0 Å². The van der Waals surface area contributed by atoms with Crippen LogP contribution in [-0.4, -0.2) is 11.1 Å². The van der Waals surface area contributed by atoms with Gasteiger partial charge in [-0.3, -0.25) is 4.79 Å². The van der Waals surface area contributed by atoms with Crippen LogP contribution < -0.4 is 29.6 Å². The second-order valence-electron chi connectivity index (χ2n) is 1.85. The third kappa shape index (κ3) is 4.94. The van der Waals surface area contributed by atoms with E-state index in [1.54, 1.807) is 0 Å². The number of carbonyl (C=O) groups is 1. The van der Waals surface area contributed by atoms with E-state index in [0.717, 1.165) is 12.8 Å². The van der Waals surface area contributed by atoms with Crippen molar-refractivity contribution >= 4 is 5.97 Å². The molecule has 2 nitrogen and oxygen atoms in total. The first-order valence-electron chi connectivity index (χ1n) is 2.95. The molecule has 0 aliphatic rings. The summed E-state index contributed by atoms with van der Waals surface area (Å²) in [4.78, 5) is 10.2. The van der Waals surface area contributed by atoms with Gasteiger partial charge in [0.05, 0.1) is 5.92 Å². The van der Waals surface area contributed by atoms with Gasteiger partial charge in [0.1, 0.15) is 0 Å². The summed E-state index contributed by atoms with van der Waals surface area (Å²) in [5.41, 5.74) is 0. The standard InChI is InChI=1S/C6H12O2.Na.H/c1-3-5(4-2)6(7)8;;/h5H,3-4H2,1-2H3,(H,7,8);;/q;+1;-1. The molecule has 0 atom stereocenters. The van der Waals surface area contributed by atoms with E-state index in [0.29, 0.717) is 0 Å². The van der Waals surface area contributed by atoms with Crippen LogP contribution in [0.1, 0.15) is 28.1 Å². The minimum atomic E-state index is -0.671. The molecular formula is C6H13NaO2. The van der Waals surface area contributed by atoms with E-state index in [1.165, 1.54) is 0 Å². The zero-order valence-electron chi connectivity index (χ0n) is 7.35. The molecule has 3 heteroatoms. The summed E-state index contributed by atoms with van der Waals surface area (Å²) in [6.07, 6.45) is 1.48. The van der Waals surface area contributed by atoms with Gasteiger partial charge in [-0.05, 0) is 12.8 Å². The van der Waals surface area contributed by atoms with E-state index >= 15 is 0 Å². The van der Waals surface area contributed by atoms with E-state index in [-0.39, 0.29) is 36.9 Å². The fourth-order valence-corrected chi connectivity index (χ4v) is 0.638. The zero-order valence-corrected chi connectivity index (χ0v) is 8.35. The van der Waals surface area contributed by atoms with Crippen molar-refractivity contribution in [1.29, 1.82) is 0 Å². The second-order valence-corrected chi connectivity index (χ2v) is 1.85. The van der Waals surface area contributed by atoms with Crippen LogP contribution in [0.4, 0.5) is 0 Å². The Morgan fingerprint density at radius 3 is 1.89 bits per heavy atom. The molecule has 0 radical (unpaired) electrons. The van der Waals surface area contributed by atoms with Crippen LogP contribution in [0.25, 0.3) is 0 Å². The maximum atomic E-state index is 10.2. The van der Waals surface area contributed by atoms with Crippen molar-refractivity contribution in [1.82, 2.24) is 0 Å². The Bertz CT molecular complexity index is 83.8. The molecule has 0 saturated heterocycles. The summed E-state index contributed by atoms with van der Waals surface area (Å²) < 4.78 is 0. The monoisotopic (exact) mass is 140 g/mol. The fraction of sp³-hybridized carbons (Fsp3) is 0.833. The van der Waals surface area contributed by atoms with E-state index in [9.17, 15) is 4.79 Å². The topological polar surface area (TPSA) is 37.3 Å². The van der Waals surface area contributed by atoms with Crippen LogP contribution in [-0.2, 0) is 4.79 Å². The van der Waals surface area contributed by atoms with Crippen LogP contribution in [0.15, 0.2) is 0 Å². The Labute approximate surface area is 79.4 Å². The predicted molar refractivity (Wildman–Crippen MR) is 32.8 cm³/mol. The molecule has 0 aromatic rings. The van der Waals surface area contributed by atoms with Gasteiger partial charge in [0, 0.05) is 0 Å². The summed E-state index contributed by atoms with van der Waals surface area (Å²) in [5, 5.41) is 8.37. The van der Waals surface area contributed by atoms with Gasteiger partial charge in [-0.15, -0.1) is 0 Å². The van der Waals surface area contributed by atoms with Crippen molar-refractivity contribution in [2.24, 2.45) is 5.92 Å². The maximum Gasteiger partial charge on any atom is 1.00 e. The predicted octanol–water partition coefficient (Wildman–Crippen LogP) is -1.38. The molecular weight excluding hydrogens is 127 g/mol. The van der Waals surface area contributed by atoms with E-state index in [4.69, 9.17) is 5.11 Å². The molecule has 0 bridgehead atoms. The SMILES string of the molecule is CCC(CC)C(=O)O.[H-].[Na+]. The first-order chi connectivity index (χ1) is 3.72. The molecule has 0 rings (SSSR count). The zero-order chi connectivity index (χ0) is 6.57. The number of hydrogen-bond donors (Lipinski definition) is 1. The Morgan fingerprint density at radius 1 is 1.56 bits per heavy atom. The molecule has 0 aliphatic heterocycles. The summed E-state index contributed by atoms with van der Waals surface area (Å²) in [7, 11) is 0. The number of rotatable bonds is 3. The van der Waals surface area contributed by atoms with Crippen molar-refractivity contribution in [3.63, 3.8) is 0 Å². The Balaban J connectivity index is -0.000000245. The van der Waals surface area contributed by atoms with Crippen molar-refractivity contribution in [3.05, 3.63) is 0 Å². The molecule has 0 amide bonds. The molecule has 0 saturated carbocycles. The fourth-order valence-electron chi connectivity index (χ4n) is 0.638. The number of carboxylic acid groups (broad SMARTS) is 1. The van der Waals surface area contributed by atoms with E-state index in [1.807, 2.05) is 13.8 Å². The van der Waals surface area contributed by atoms with E-state index in [2.05, 4.69) is 0 Å². The Hall–Kier alpha value is 0.470. The summed E-state index contributed by atoms with van der Waals surface area (Å²) >= 11 is 0. The van der Waals surface area contributed by atoms with Crippen LogP contribution in [0, 0.1) is 5.92 Å². The summed E-state index contributed by atoms with van der Waals surface area (Å²) in [5.74, 6) is -0.801. The third-order valence-corrected chi connectivity index (χ3v) is 1.33. The Morgan fingerprint density at radius 2 is 1.89 bits per heavy atom. The van der Waals surface area contributed by atoms with Crippen LogP contribution in [0.2, 0.25) is 0 Å². The molecule has 0 aromatic carbocycles. The molecule has 0 unspecified atom stereocenters. The molecule has 0 aliphatic carbocycles. The molecule has 9 heavy (non-hydrogen) atoms. The maximum absolute atomic E-state index is 10.2. The molecule has 0 fully saturated rings. The van der Waals surface area contributed by atoms with Crippen molar-refractivity contribution in [3.8, 4) is 0 Å². The first-order valence-corrected chi connectivity index (χ1v) is 2.95. The molecule has 0 spiro atoms. The van der Waals surface area contributed by atoms with Gasteiger partial charge in [0.15, 0.2) is 0 Å². The van der Waals surface area contributed by atoms with Gasteiger partial charge in [-0.1, -0.05) is 13.8 Å². The van der Waals surface area contributed by atoms with Crippen molar-refractivity contribution in [2.75, 3.05) is 0 Å². The second kappa shape index (κ2) is 6.59. The van der Waals surface area contributed by atoms with Crippen LogP contribution in [0.3, 0.4) is 0 Å². The third-order valence-electron chi connectivity index (χ3n) is 1.33. The molecule has 50 valence electrons. The number of aliphatic carboxylic acids is 1. The smallest absolute Gasteiger partial charge is 1.00 e. The average Bonchev–Trinajstić information content (AvgIpc) is 1.69. The molecule has 1 N–H and O–H groups in total. The normalized spacial score (nSPS) is 8.78. The van der Waals surface area contributed by atoms with Gasteiger partial charge in [0.25, 0.3) is 0 Å². The van der Waals surface area contributed by atoms with E-state index < -0.39 is 5.97 Å². The van der Waals surface area contributed by atoms with Gasteiger partial charge < -0.3 is 6.53 Å². The molecule has 0 aromatic heterocycles. The minimum absolute atomic E-state index is 0. The number of hydrogen-bond acceptors (Lipinski definition) is 1. The summed E-state index contributed by atoms with van der Waals surface area (Å²) in [6.45, 7) is 3.78. The van der Waals surface area contributed by atoms with Crippen LogP contribution >= 0.6 is 0 Å². The largest absolute Gasteiger partial charge is 1.00 e. The first kappa shape index (κ1) is 12.2. The quantitative estimate of drug-likeness (QED) is 0.491. The van der Waals surface area contributed by atoms with Crippen molar-refractivity contribution in [2.45, 2.75) is 26.7 Å².